The zero-order chi connectivity index (χ0) is 24.7. The number of furan rings is 1. The van der Waals surface area contributed by atoms with E-state index < -0.39 is 26.8 Å². The molecule has 1 aromatic heterocycles. The molecule has 0 aliphatic heterocycles. The van der Waals surface area contributed by atoms with Crippen LogP contribution in [0.15, 0.2) is 79.6 Å². The standard InChI is InChI=1S/C20H16BrN5O7S/c21-13-1-9-18(10-2-13)34(31,32)23-12-17-8-7-16(33-17)11-22-25-20(28)19(27)24-14-3-5-15(6-4-14)26(29)30/h1-11,23H,12H2,(H,24,27)(H,25,28)/b22-11-. The molecule has 1 heterocycles. The number of hydrogen-bond acceptors (Lipinski definition) is 8. The Kier molecular flexibility index (Phi) is 7.88. The highest BCUT2D eigenvalue weighted by Crippen LogP contribution is 2.16. The van der Waals surface area contributed by atoms with Gasteiger partial charge in [0, 0.05) is 22.3 Å². The number of carbonyl (C=O) groups is 2. The van der Waals surface area contributed by atoms with E-state index in [1.165, 1.54) is 48.5 Å². The third kappa shape index (κ3) is 6.81. The number of non-ortho nitro benzene ring substituents is 1. The normalized spacial score (nSPS) is 11.3. The molecule has 176 valence electrons. The van der Waals surface area contributed by atoms with Gasteiger partial charge in [-0.1, -0.05) is 15.9 Å². The summed E-state index contributed by atoms with van der Waals surface area (Å²) >= 11 is 3.24. The summed E-state index contributed by atoms with van der Waals surface area (Å²) in [6.45, 7) is -0.115. The Morgan fingerprint density at radius 3 is 2.35 bits per heavy atom. The quantitative estimate of drug-likeness (QED) is 0.167. The van der Waals surface area contributed by atoms with Gasteiger partial charge < -0.3 is 9.73 Å². The van der Waals surface area contributed by atoms with E-state index in [-0.39, 0.29) is 28.6 Å². The van der Waals surface area contributed by atoms with Crippen molar-refractivity contribution in [1.29, 1.82) is 0 Å². The number of amides is 2. The van der Waals surface area contributed by atoms with E-state index in [9.17, 15) is 28.1 Å². The number of nitrogens with zero attached hydrogens (tertiary/aromatic N) is 2. The molecule has 2 aromatic carbocycles. The van der Waals surface area contributed by atoms with Crippen LogP contribution in [0.2, 0.25) is 0 Å². The van der Waals surface area contributed by atoms with Crippen molar-refractivity contribution in [2.45, 2.75) is 11.4 Å². The molecule has 0 bridgehead atoms. The van der Waals surface area contributed by atoms with Crippen molar-refractivity contribution in [2.24, 2.45) is 5.10 Å². The Morgan fingerprint density at radius 1 is 1.03 bits per heavy atom. The highest BCUT2D eigenvalue weighted by atomic mass is 79.9. The molecule has 0 saturated heterocycles. The van der Waals surface area contributed by atoms with E-state index in [4.69, 9.17) is 4.42 Å². The average molecular weight is 550 g/mol. The third-order valence-corrected chi connectivity index (χ3v) is 6.09. The minimum absolute atomic E-state index is 0.0961. The van der Waals surface area contributed by atoms with Crippen LogP contribution in [-0.4, -0.2) is 31.4 Å². The zero-order valence-corrected chi connectivity index (χ0v) is 19.5. The monoisotopic (exact) mass is 549 g/mol. The molecule has 0 radical (unpaired) electrons. The fourth-order valence-corrected chi connectivity index (χ4v) is 3.74. The van der Waals surface area contributed by atoms with Crippen molar-refractivity contribution in [2.75, 3.05) is 5.32 Å². The van der Waals surface area contributed by atoms with E-state index in [0.29, 0.717) is 5.76 Å². The van der Waals surface area contributed by atoms with Gasteiger partial charge in [-0.3, -0.25) is 19.7 Å². The maximum absolute atomic E-state index is 12.3. The number of nitro groups is 1. The number of hydrogen-bond donors (Lipinski definition) is 3. The van der Waals surface area contributed by atoms with Gasteiger partial charge in [-0.2, -0.15) is 5.10 Å². The molecule has 0 saturated carbocycles. The molecule has 12 nitrogen and oxygen atoms in total. The highest BCUT2D eigenvalue weighted by molar-refractivity contribution is 9.10. The van der Waals surface area contributed by atoms with Crippen molar-refractivity contribution in [3.63, 3.8) is 0 Å². The van der Waals surface area contributed by atoms with E-state index in [2.05, 4.69) is 31.1 Å². The number of anilines is 1. The van der Waals surface area contributed by atoms with Gasteiger partial charge in [0.05, 0.1) is 22.6 Å². The fraction of sp³-hybridized carbons (Fsp3) is 0.0500. The molecule has 2 amide bonds. The van der Waals surface area contributed by atoms with Crippen molar-refractivity contribution in [3.8, 4) is 0 Å². The summed E-state index contributed by atoms with van der Waals surface area (Å²) in [5, 5.41) is 16.5. The molecule has 3 aromatic rings. The Balaban J connectivity index is 1.49. The van der Waals surface area contributed by atoms with Crippen molar-refractivity contribution in [3.05, 3.63) is 86.8 Å². The molecule has 0 unspecified atom stereocenters. The first-order chi connectivity index (χ1) is 16.1. The molecular formula is C20H16BrN5O7S. The van der Waals surface area contributed by atoms with E-state index in [0.717, 1.165) is 10.7 Å². The SMILES string of the molecule is O=C(N/N=C\c1ccc(CNS(=O)(=O)c2ccc(Br)cc2)o1)C(=O)Nc1ccc([N+](=O)[O-])cc1. The number of nitrogens with one attached hydrogen (secondary N) is 3. The van der Waals surface area contributed by atoms with Gasteiger partial charge in [-0.05, 0) is 48.5 Å². The maximum Gasteiger partial charge on any atom is 0.329 e. The van der Waals surface area contributed by atoms with Gasteiger partial charge in [0.2, 0.25) is 10.0 Å². The Labute approximate surface area is 201 Å². The number of benzene rings is 2. The van der Waals surface area contributed by atoms with Crippen molar-refractivity contribution in [1.82, 2.24) is 10.1 Å². The molecular weight excluding hydrogens is 534 g/mol. The highest BCUT2D eigenvalue weighted by Gasteiger charge is 2.15. The van der Waals surface area contributed by atoms with Crippen LogP contribution in [-0.2, 0) is 26.2 Å². The van der Waals surface area contributed by atoms with Gasteiger partial charge in [0.25, 0.3) is 5.69 Å². The van der Waals surface area contributed by atoms with E-state index in [1.54, 1.807) is 12.1 Å². The third-order valence-electron chi connectivity index (χ3n) is 4.14. The van der Waals surface area contributed by atoms with E-state index in [1.807, 2.05) is 5.43 Å². The first-order valence-electron chi connectivity index (χ1n) is 9.37. The predicted molar refractivity (Wildman–Crippen MR) is 124 cm³/mol. The fourth-order valence-electron chi connectivity index (χ4n) is 2.48. The van der Waals surface area contributed by atoms with Gasteiger partial charge >= 0.3 is 11.8 Å². The summed E-state index contributed by atoms with van der Waals surface area (Å²) in [7, 11) is -3.74. The predicted octanol–water partition coefficient (Wildman–Crippen LogP) is 2.52. The van der Waals surface area contributed by atoms with Crippen LogP contribution in [0.1, 0.15) is 11.5 Å². The lowest BCUT2D eigenvalue weighted by atomic mass is 10.3. The van der Waals surface area contributed by atoms with Gasteiger partial charge in [0.15, 0.2) is 0 Å². The number of halogens is 1. The lowest BCUT2D eigenvalue weighted by Crippen LogP contribution is -2.32. The lowest BCUT2D eigenvalue weighted by Gasteiger charge is -2.05. The van der Waals surface area contributed by atoms with Gasteiger partial charge in [-0.25, -0.2) is 18.6 Å². The van der Waals surface area contributed by atoms with Crippen molar-refractivity contribution >= 4 is 55.4 Å². The number of hydrazone groups is 1. The van der Waals surface area contributed by atoms with Crippen LogP contribution >= 0.6 is 15.9 Å². The minimum Gasteiger partial charge on any atom is -0.459 e. The summed E-state index contributed by atoms with van der Waals surface area (Å²) in [5.74, 6) is -1.62. The first kappa shape index (κ1) is 24.8. The first-order valence-corrected chi connectivity index (χ1v) is 11.6. The van der Waals surface area contributed by atoms with Crippen molar-refractivity contribution < 1.29 is 27.3 Å². The van der Waals surface area contributed by atoms with Crippen LogP contribution in [0.4, 0.5) is 11.4 Å². The zero-order valence-electron chi connectivity index (χ0n) is 17.1. The second kappa shape index (κ2) is 10.8. The van der Waals surface area contributed by atoms with Gasteiger partial charge in [-0.15, -0.1) is 0 Å². The van der Waals surface area contributed by atoms with E-state index >= 15 is 0 Å². The second-order valence-corrected chi connectivity index (χ2v) is 9.22. The molecule has 0 spiro atoms. The molecule has 0 fully saturated rings. The summed E-state index contributed by atoms with van der Waals surface area (Å²) < 4.78 is 33.2. The summed E-state index contributed by atoms with van der Waals surface area (Å²) in [6.07, 6.45) is 1.13. The second-order valence-electron chi connectivity index (χ2n) is 6.54. The molecule has 3 N–H and O–H groups in total. The maximum atomic E-state index is 12.3. The Bertz CT molecular complexity index is 1340. The summed E-state index contributed by atoms with van der Waals surface area (Å²) in [5.41, 5.74) is 2.04. The van der Waals surface area contributed by atoms with Crippen LogP contribution in [0.5, 0.6) is 0 Å². The summed E-state index contributed by atoms with van der Waals surface area (Å²) in [4.78, 5) is 33.8. The van der Waals surface area contributed by atoms with Crippen LogP contribution in [0.25, 0.3) is 0 Å². The molecule has 3 rings (SSSR count). The van der Waals surface area contributed by atoms with Crippen LogP contribution < -0.4 is 15.5 Å². The largest absolute Gasteiger partial charge is 0.459 e. The Hall–Kier alpha value is -3.88. The number of nitro benzene ring substituents is 1. The lowest BCUT2D eigenvalue weighted by molar-refractivity contribution is -0.384. The number of sulfonamides is 1. The topological polar surface area (TPSA) is 173 Å². The molecule has 0 aliphatic carbocycles. The van der Waals surface area contributed by atoms with Gasteiger partial charge in [0.1, 0.15) is 11.5 Å². The summed E-state index contributed by atoms with van der Waals surface area (Å²) in [6, 6.07) is 14.1. The van der Waals surface area contributed by atoms with Crippen LogP contribution in [0.3, 0.4) is 0 Å². The molecule has 0 aliphatic rings. The Morgan fingerprint density at radius 2 is 1.71 bits per heavy atom. The molecule has 14 heteroatoms. The van der Waals surface area contributed by atoms with Crippen LogP contribution in [0, 0.1) is 10.1 Å². The number of carbonyl (C=O) groups excluding carboxylic acids is 2. The minimum atomic E-state index is -3.74. The number of rotatable bonds is 8. The average Bonchev–Trinajstić information content (AvgIpc) is 3.26. The molecule has 0 atom stereocenters. The molecule has 34 heavy (non-hydrogen) atoms. The smallest absolute Gasteiger partial charge is 0.329 e.